The van der Waals surface area contributed by atoms with E-state index in [2.05, 4.69) is 14.7 Å². The molecule has 0 fully saturated rings. The molecule has 7 heteroatoms. The Bertz CT molecular complexity index is 213. The molecule has 0 spiro atoms. The van der Waals surface area contributed by atoms with E-state index in [9.17, 15) is 0 Å². The molecule has 0 aromatic carbocycles. The van der Waals surface area contributed by atoms with Gasteiger partial charge in [-0.15, -0.1) is 0 Å². The molecule has 1 aromatic rings. The van der Waals surface area contributed by atoms with Crippen LogP contribution in [0.5, 0.6) is 0 Å². The molecule has 0 aliphatic carbocycles. The second-order valence-electron chi connectivity index (χ2n) is 1.59. The first-order valence-corrected chi connectivity index (χ1v) is 4.25. The van der Waals surface area contributed by atoms with Crippen molar-refractivity contribution in [2.45, 2.75) is 9.67 Å². The van der Waals surface area contributed by atoms with Gasteiger partial charge in [0.2, 0.25) is 5.82 Å². The molecule has 1 rings (SSSR count). The van der Waals surface area contributed by atoms with Gasteiger partial charge in [0.15, 0.2) is 9.67 Å². The minimum atomic E-state index is -0.844. The second kappa shape index (κ2) is 3.81. The molecule has 0 saturated carbocycles. The number of hydrogen-bond acceptors (Lipinski definition) is 3. The maximum Gasteiger partial charge on any atom is 0.260 e. The van der Waals surface area contributed by atoms with Gasteiger partial charge in [0.25, 0.3) is 5.89 Å². The Labute approximate surface area is 82.6 Å². The van der Waals surface area contributed by atoms with Gasteiger partial charge in [0, 0.05) is 0 Å². The summed E-state index contributed by atoms with van der Waals surface area (Å²) in [5.41, 5.74) is 0. The first-order valence-electron chi connectivity index (χ1n) is 2.51. The van der Waals surface area contributed by atoms with Gasteiger partial charge in [-0.3, -0.25) is 0 Å². The fraction of sp³-hybridized carbons (Fsp3) is 0.500. The molecule has 0 bridgehead atoms. The Hall–Kier alpha value is 0.300. The lowest BCUT2D eigenvalue weighted by atomic mass is 10.7. The van der Waals surface area contributed by atoms with Crippen LogP contribution in [0.15, 0.2) is 4.52 Å². The zero-order chi connectivity index (χ0) is 8.43. The van der Waals surface area contributed by atoms with Crippen LogP contribution in [0, 0.1) is 0 Å². The molecule has 0 aliphatic heterocycles. The summed E-state index contributed by atoms with van der Waals surface area (Å²) in [4.78, 5) is 2.04. The zero-order valence-corrected chi connectivity index (χ0v) is 7.99. The topological polar surface area (TPSA) is 38.9 Å². The maximum absolute atomic E-state index is 5.42. The maximum atomic E-state index is 5.42. The molecule has 0 radical (unpaired) electrons. The quantitative estimate of drug-likeness (QED) is 0.740. The van der Waals surface area contributed by atoms with Crippen LogP contribution in [-0.4, -0.2) is 10.1 Å². The van der Waals surface area contributed by atoms with E-state index in [0.29, 0.717) is 0 Å². The van der Waals surface area contributed by atoms with Crippen LogP contribution in [0.3, 0.4) is 0 Å². The van der Waals surface area contributed by atoms with Gasteiger partial charge in [0.1, 0.15) is 0 Å². The summed E-state index contributed by atoms with van der Waals surface area (Å²) in [6, 6.07) is 0. The predicted molar refractivity (Wildman–Crippen MR) is 43.2 cm³/mol. The van der Waals surface area contributed by atoms with Crippen molar-refractivity contribution in [2.24, 2.45) is 0 Å². The third-order valence-electron chi connectivity index (χ3n) is 0.839. The molecule has 3 nitrogen and oxygen atoms in total. The summed E-state index contributed by atoms with van der Waals surface area (Å²) >= 11 is 21.6. The highest BCUT2D eigenvalue weighted by Crippen LogP contribution is 2.26. The van der Waals surface area contributed by atoms with Crippen molar-refractivity contribution in [1.82, 2.24) is 10.1 Å². The summed E-state index contributed by atoms with van der Waals surface area (Å²) in [7, 11) is 0. The molecule has 62 valence electrons. The summed E-state index contributed by atoms with van der Waals surface area (Å²) in [6.45, 7) is 0. The van der Waals surface area contributed by atoms with Crippen LogP contribution in [0.25, 0.3) is 0 Å². The minimum absolute atomic E-state index is 0.0923. The van der Waals surface area contributed by atoms with E-state index in [4.69, 9.17) is 46.4 Å². The highest BCUT2D eigenvalue weighted by atomic mass is 35.5. The highest BCUT2D eigenvalue weighted by Gasteiger charge is 2.16. The van der Waals surface area contributed by atoms with Crippen molar-refractivity contribution < 1.29 is 4.52 Å². The van der Waals surface area contributed by atoms with Crippen molar-refractivity contribution in [3.05, 3.63) is 11.7 Å². The largest absolute Gasteiger partial charge is 0.336 e. The van der Waals surface area contributed by atoms with Crippen LogP contribution < -0.4 is 0 Å². The molecule has 11 heavy (non-hydrogen) atoms. The lowest BCUT2D eigenvalue weighted by molar-refractivity contribution is 0.383. The molecular weight excluding hydrogens is 234 g/mol. The summed E-state index contributed by atoms with van der Waals surface area (Å²) in [6.07, 6.45) is 0. The molecular formula is C4H2Cl4N2O. The van der Waals surface area contributed by atoms with E-state index in [1.54, 1.807) is 0 Å². The van der Waals surface area contributed by atoms with Gasteiger partial charge < -0.3 is 4.52 Å². The van der Waals surface area contributed by atoms with Crippen molar-refractivity contribution in [1.29, 1.82) is 0 Å². The molecule has 1 aromatic heterocycles. The van der Waals surface area contributed by atoms with E-state index < -0.39 is 9.67 Å². The van der Waals surface area contributed by atoms with Crippen molar-refractivity contribution in [3.63, 3.8) is 0 Å². The summed E-state index contributed by atoms with van der Waals surface area (Å²) < 4.78 is 4.59. The van der Waals surface area contributed by atoms with Crippen LogP contribution in [0.4, 0.5) is 0 Å². The van der Waals surface area contributed by atoms with Gasteiger partial charge in [0.05, 0.1) is 0 Å². The normalized spacial score (nSPS) is 11.5. The molecule has 0 unspecified atom stereocenters. The Kier molecular flexibility index (Phi) is 3.25. The molecule has 0 amide bonds. The van der Waals surface area contributed by atoms with Crippen molar-refractivity contribution in [3.8, 4) is 0 Å². The van der Waals surface area contributed by atoms with Crippen LogP contribution >= 0.6 is 46.4 Å². The predicted octanol–water partition coefficient (Wildman–Crippen LogP) is 3.02. The fourth-order valence-electron chi connectivity index (χ4n) is 0.425. The lowest BCUT2D eigenvalue weighted by Crippen LogP contribution is -1.85. The van der Waals surface area contributed by atoms with Crippen LogP contribution in [0.1, 0.15) is 21.4 Å². The number of alkyl halides is 4. The van der Waals surface area contributed by atoms with Crippen LogP contribution in [0.2, 0.25) is 0 Å². The smallest absolute Gasteiger partial charge is 0.260 e. The molecule has 0 aliphatic rings. The monoisotopic (exact) mass is 234 g/mol. The first-order chi connectivity index (χ1) is 5.11. The highest BCUT2D eigenvalue weighted by molar-refractivity contribution is 6.44. The van der Waals surface area contributed by atoms with E-state index in [-0.39, 0.29) is 11.7 Å². The molecule has 0 N–H and O–H groups in total. The summed E-state index contributed by atoms with van der Waals surface area (Å²) in [5, 5.41) is 3.42. The van der Waals surface area contributed by atoms with Crippen molar-refractivity contribution >= 4 is 46.4 Å². The van der Waals surface area contributed by atoms with E-state index in [0.717, 1.165) is 0 Å². The van der Waals surface area contributed by atoms with E-state index in [1.807, 2.05) is 0 Å². The van der Waals surface area contributed by atoms with Gasteiger partial charge in [-0.05, 0) is 0 Å². The van der Waals surface area contributed by atoms with Crippen LogP contribution in [-0.2, 0) is 0 Å². The summed E-state index contributed by atoms with van der Waals surface area (Å²) in [5.74, 6) is 0.254. The Morgan fingerprint density at radius 1 is 1.09 bits per heavy atom. The number of nitrogens with zero attached hydrogens (tertiary/aromatic N) is 2. The van der Waals surface area contributed by atoms with E-state index in [1.165, 1.54) is 0 Å². The average molecular weight is 236 g/mol. The minimum Gasteiger partial charge on any atom is -0.336 e. The molecule has 1 heterocycles. The van der Waals surface area contributed by atoms with Gasteiger partial charge in [-0.2, -0.15) is 4.98 Å². The number of halogens is 4. The third kappa shape index (κ3) is 2.37. The van der Waals surface area contributed by atoms with Gasteiger partial charge in [-0.25, -0.2) is 0 Å². The van der Waals surface area contributed by atoms with Gasteiger partial charge >= 0.3 is 0 Å². The molecule has 0 atom stereocenters. The SMILES string of the molecule is ClC(Cl)c1noc(C(Cl)Cl)n1. The Morgan fingerprint density at radius 2 is 1.73 bits per heavy atom. The fourth-order valence-corrected chi connectivity index (χ4v) is 0.779. The number of hydrogen-bond donors (Lipinski definition) is 0. The van der Waals surface area contributed by atoms with Gasteiger partial charge in [-0.1, -0.05) is 51.6 Å². The second-order valence-corrected chi connectivity index (χ2v) is 3.78. The zero-order valence-electron chi connectivity index (χ0n) is 4.97. The van der Waals surface area contributed by atoms with E-state index >= 15 is 0 Å². The first kappa shape index (κ1) is 9.39. The third-order valence-corrected chi connectivity index (χ3v) is 1.60. The lowest BCUT2D eigenvalue weighted by Gasteiger charge is -1.88. The average Bonchev–Trinajstić information content (AvgIpc) is 2.33. The Morgan fingerprint density at radius 3 is 2.00 bits per heavy atom. The standard InChI is InChI=1S/C4H2Cl4N2O/c5-1(6)3-9-4(2(7)8)11-10-3/h1-2H. The molecule has 0 saturated heterocycles. The Balaban J connectivity index is 2.82. The van der Waals surface area contributed by atoms with Crippen molar-refractivity contribution in [2.75, 3.05) is 0 Å². The number of rotatable bonds is 2. The number of aromatic nitrogens is 2.